The van der Waals surface area contributed by atoms with Gasteiger partial charge >= 0.3 is 0 Å². The summed E-state index contributed by atoms with van der Waals surface area (Å²) in [5.41, 5.74) is 1.62. The smallest absolute Gasteiger partial charge is 0.255 e. The maximum absolute atomic E-state index is 12.0. The van der Waals surface area contributed by atoms with Crippen LogP contribution in [0.2, 0.25) is 0 Å². The van der Waals surface area contributed by atoms with Crippen LogP contribution in [-0.2, 0) is 0 Å². The summed E-state index contributed by atoms with van der Waals surface area (Å²) in [7, 11) is 0. The molecule has 2 N–H and O–H groups in total. The molecule has 0 atom stereocenters. The van der Waals surface area contributed by atoms with Gasteiger partial charge in [-0.1, -0.05) is 30.3 Å². The van der Waals surface area contributed by atoms with Gasteiger partial charge in [-0.25, -0.2) is 0 Å². The van der Waals surface area contributed by atoms with E-state index in [0.29, 0.717) is 12.1 Å². The normalized spacial score (nSPS) is 14.5. The summed E-state index contributed by atoms with van der Waals surface area (Å²) in [5.74, 6) is -0.191. The predicted octanol–water partition coefficient (Wildman–Crippen LogP) is 2.76. The van der Waals surface area contributed by atoms with E-state index in [-0.39, 0.29) is 24.1 Å². The number of nitrogens with one attached hydrogen (secondary N) is 1. The number of benzene rings is 2. The molecule has 1 aliphatic heterocycles. The van der Waals surface area contributed by atoms with Crippen molar-refractivity contribution in [3.8, 4) is 5.75 Å². The molecule has 2 aromatic carbocycles. The molecule has 1 saturated heterocycles. The molecule has 1 amide bonds. The topological polar surface area (TPSA) is 55.8 Å². The van der Waals surface area contributed by atoms with Crippen molar-refractivity contribution in [3.63, 3.8) is 0 Å². The number of aromatic hydroxyl groups is 1. The quantitative estimate of drug-likeness (QED) is 0.762. The minimum absolute atomic E-state index is 0. The molecule has 0 bridgehead atoms. The number of rotatable bonds is 6. The molecule has 26 heavy (non-hydrogen) atoms. The van der Waals surface area contributed by atoms with Crippen LogP contribution in [0, 0.1) is 0 Å². The molecule has 0 saturated carbocycles. The largest absolute Gasteiger partial charge is 0.507 e. The van der Waals surface area contributed by atoms with Crippen LogP contribution in [0.15, 0.2) is 54.6 Å². The van der Waals surface area contributed by atoms with Crippen molar-refractivity contribution >= 4 is 24.0 Å². The summed E-state index contributed by atoms with van der Waals surface area (Å²) in [6.07, 6.45) is 0.907. The van der Waals surface area contributed by atoms with Crippen LogP contribution in [0.1, 0.15) is 16.8 Å². The van der Waals surface area contributed by atoms with Crippen LogP contribution >= 0.6 is 12.4 Å². The maximum atomic E-state index is 12.0. The first-order valence-electron chi connectivity index (χ1n) is 8.82. The molecule has 2 aromatic rings. The van der Waals surface area contributed by atoms with E-state index < -0.39 is 0 Å². The molecular formula is C20H26ClN3O2. The van der Waals surface area contributed by atoms with Gasteiger partial charge < -0.3 is 15.3 Å². The molecule has 6 heteroatoms. The minimum Gasteiger partial charge on any atom is -0.507 e. The number of phenols is 1. The Balaban J connectivity index is 0.00000243. The highest BCUT2D eigenvalue weighted by Crippen LogP contribution is 2.16. The second-order valence-corrected chi connectivity index (χ2v) is 6.29. The van der Waals surface area contributed by atoms with Crippen LogP contribution in [0.5, 0.6) is 5.75 Å². The highest BCUT2D eigenvalue weighted by atomic mass is 35.5. The lowest BCUT2D eigenvalue weighted by Crippen LogP contribution is -2.47. The van der Waals surface area contributed by atoms with Gasteiger partial charge in [0.2, 0.25) is 0 Å². The lowest BCUT2D eigenvalue weighted by Gasteiger charge is -2.36. The zero-order chi connectivity index (χ0) is 17.5. The number of para-hydroxylation sites is 2. The average molecular weight is 376 g/mol. The molecule has 5 nitrogen and oxygen atoms in total. The van der Waals surface area contributed by atoms with E-state index in [4.69, 9.17) is 0 Å². The summed E-state index contributed by atoms with van der Waals surface area (Å²) < 4.78 is 0. The monoisotopic (exact) mass is 375 g/mol. The van der Waals surface area contributed by atoms with Crippen LogP contribution < -0.4 is 10.2 Å². The summed E-state index contributed by atoms with van der Waals surface area (Å²) >= 11 is 0. The van der Waals surface area contributed by atoms with E-state index in [1.807, 2.05) is 6.07 Å². The number of amides is 1. The molecule has 0 aromatic heterocycles. The lowest BCUT2D eigenvalue weighted by molar-refractivity contribution is 0.0949. The van der Waals surface area contributed by atoms with E-state index in [1.54, 1.807) is 18.2 Å². The Bertz CT molecular complexity index is 688. The number of piperazine rings is 1. The van der Waals surface area contributed by atoms with E-state index in [9.17, 15) is 9.90 Å². The molecular weight excluding hydrogens is 350 g/mol. The number of nitrogens with zero attached hydrogens (tertiary/aromatic N) is 2. The van der Waals surface area contributed by atoms with E-state index >= 15 is 0 Å². The third kappa shape index (κ3) is 5.38. The molecule has 0 radical (unpaired) electrons. The van der Waals surface area contributed by atoms with Gasteiger partial charge in [-0.05, 0) is 37.2 Å². The molecule has 0 aliphatic carbocycles. The zero-order valence-corrected chi connectivity index (χ0v) is 15.6. The van der Waals surface area contributed by atoms with Gasteiger partial charge in [0.1, 0.15) is 5.75 Å². The number of hydrogen-bond acceptors (Lipinski definition) is 4. The van der Waals surface area contributed by atoms with Gasteiger partial charge in [-0.3, -0.25) is 9.69 Å². The molecule has 3 rings (SSSR count). The second-order valence-electron chi connectivity index (χ2n) is 6.29. The highest BCUT2D eigenvalue weighted by molar-refractivity contribution is 5.96. The standard InChI is InChI=1S/C20H25N3O2.ClH/c24-19-10-5-4-9-18(19)20(25)21-11-6-12-22-13-15-23(16-14-22)17-7-2-1-3-8-17;/h1-5,7-10,24H,6,11-16H2,(H,21,25);1H. The van der Waals surface area contributed by atoms with Crippen molar-refractivity contribution in [1.82, 2.24) is 10.2 Å². The zero-order valence-electron chi connectivity index (χ0n) is 14.8. The van der Waals surface area contributed by atoms with Gasteiger partial charge in [0, 0.05) is 38.4 Å². The summed E-state index contributed by atoms with van der Waals surface area (Å²) in [6.45, 7) is 5.75. The van der Waals surface area contributed by atoms with Crippen LogP contribution in [0.3, 0.4) is 0 Å². The molecule has 140 valence electrons. The van der Waals surface area contributed by atoms with E-state index in [0.717, 1.165) is 39.1 Å². The Kier molecular flexibility index (Phi) is 7.75. The van der Waals surface area contributed by atoms with Crippen molar-refractivity contribution in [3.05, 3.63) is 60.2 Å². The number of carbonyl (C=O) groups excluding carboxylic acids is 1. The fourth-order valence-corrected chi connectivity index (χ4v) is 3.13. The Labute approximate surface area is 161 Å². The van der Waals surface area contributed by atoms with Gasteiger partial charge in [0.15, 0.2) is 0 Å². The van der Waals surface area contributed by atoms with Gasteiger partial charge in [-0.2, -0.15) is 0 Å². The van der Waals surface area contributed by atoms with Gasteiger partial charge in [0.25, 0.3) is 5.91 Å². The van der Waals surface area contributed by atoms with Crippen LogP contribution in [-0.4, -0.2) is 55.2 Å². The van der Waals surface area contributed by atoms with Crippen molar-refractivity contribution in [2.75, 3.05) is 44.2 Å². The Morgan fingerprint density at radius 1 is 0.962 bits per heavy atom. The summed E-state index contributed by atoms with van der Waals surface area (Å²) in [4.78, 5) is 16.9. The minimum atomic E-state index is -0.216. The first-order chi connectivity index (χ1) is 12.2. The maximum Gasteiger partial charge on any atom is 0.255 e. The van der Waals surface area contributed by atoms with E-state index in [2.05, 4.69) is 39.4 Å². The predicted molar refractivity (Wildman–Crippen MR) is 107 cm³/mol. The van der Waals surface area contributed by atoms with E-state index in [1.165, 1.54) is 11.8 Å². The number of carbonyl (C=O) groups is 1. The van der Waals surface area contributed by atoms with Crippen LogP contribution in [0.25, 0.3) is 0 Å². The summed E-state index contributed by atoms with van der Waals surface area (Å²) in [5, 5.41) is 12.6. The first kappa shape index (κ1) is 20.1. The fraction of sp³-hybridized carbons (Fsp3) is 0.350. The lowest BCUT2D eigenvalue weighted by atomic mass is 10.2. The van der Waals surface area contributed by atoms with Gasteiger partial charge in [0.05, 0.1) is 5.56 Å². The molecule has 0 unspecified atom stereocenters. The number of anilines is 1. The van der Waals surface area contributed by atoms with Crippen LogP contribution in [0.4, 0.5) is 5.69 Å². The number of phenolic OH excluding ortho intramolecular Hbond substituents is 1. The van der Waals surface area contributed by atoms with Gasteiger partial charge in [-0.15, -0.1) is 12.4 Å². The SMILES string of the molecule is Cl.O=C(NCCCN1CCN(c2ccccc2)CC1)c1ccccc1O. The Morgan fingerprint density at radius 2 is 1.62 bits per heavy atom. The first-order valence-corrected chi connectivity index (χ1v) is 8.82. The molecule has 1 fully saturated rings. The van der Waals surface area contributed by atoms with Crippen molar-refractivity contribution in [2.45, 2.75) is 6.42 Å². The number of hydrogen-bond donors (Lipinski definition) is 2. The van der Waals surface area contributed by atoms with Crippen molar-refractivity contribution in [2.24, 2.45) is 0 Å². The summed E-state index contributed by atoms with van der Waals surface area (Å²) in [6, 6.07) is 17.1. The number of halogens is 1. The average Bonchev–Trinajstić information content (AvgIpc) is 2.66. The highest BCUT2D eigenvalue weighted by Gasteiger charge is 2.16. The Morgan fingerprint density at radius 3 is 2.31 bits per heavy atom. The third-order valence-electron chi connectivity index (χ3n) is 4.58. The van der Waals surface area contributed by atoms with Crippen molar-refractivity contribution < 1.29 is 9.90 Å². The van der Waals surface area contributed by atoms with Crippen molar-refractivity contribution in [1.29, 1.82) is 0 Å². The molecule has 1 aliphatic rings. The Hall–Kier alpha value is -2.24. The molecule has 1 heterocycles. The second kappa shape index (κ2) is 10.0. The third-order valence-corrected chi connectivity index (χ3v) is 4.58. The molecule has 0 spiro atoms. The fourth-order valence-electron chi connectivity index (χ4n) is 3.13.